The maximum atomic E-state index is 12.7. The smallest absolute Gasteiger partial charge is 0.212 e. The van der Waals surface area contributed by atoms with Crippen LogP contribution in [0.25, 0.3) is 0 Å². The molecule has 1 heterocycles. The summed E-state index contributed by atoms with van der Waals surface area (Å²) in [7, 11) is -3.34. The quantitative estimate of drug-likeness (QED) is 0.735. The molecule has 0 bridgehead atoms. The number of piperazine rings is 1. The van der Waals surface area contributed by atoms with Gasteiger partial charge in [-0.05, 0) is 60.6 Å². The molecule has 2 aliphatic rings. The predicted molar refractivity (Wildman–Crippen MR) is 119 cm³/mol. The van der Waals surface area contributed by atoms with Crippen molar-refractivity contribution < 1.29 is 8.42 Å². The first-order valence-corrected chi connectivity index (χ1v) is 12.3. The number of nitrogens with one attached hydrogen (secondary N) is 2. The average molecular weight is 434 g/mol. The maximum Gasteiger partial charge on any atom is 0.212 e. The Morgan fingerprint density at radius 1 is 1.10 bits per heavy atom. The van der Waals surface area contributed by atoms with Gasteiger partial charge in [0.25, 0.3) is 0 Å². The first kappa shape index (κ1) is 20.7. The van der Waals surface area contributed by atoms with Crippen LogP contribution in [0.5, 0.6) is 0 Å². The number of benzene rings is 2. The van der Waals surface area contributed by atoms with Gasteiger partial charge < -0.3 is 10.2 Å². The van der Waals surface area contributed by atoms with Gasteiger partial charge in [-0.3, -0.25) is 0 Å². The monoisotopic (exact) mass is 433 g/mol. The van der Waals surface area contributed by atoms with E-state index in [0.29, 0.717) is 11.4 Å². The summed E-state index contributed by atoms with van der Waals surface area (Å²) in [6, 6.07) is 13.8. The summed E-state index contributed by atoms with van der Waals surface area (Å²) < 4.78 is 28.3. The van der Waals surface area contributed by atoms with E-state index in [1.165, 1.54) is 16.8 Å². The molecule has 0 amide bonds. The summed E-state index contributed by atoms with van der Waals surface area (Å²) in [5.74, 6) is 0.0947. The summed E-state index contributed by atoms with van der Waals surface area (Å²) in [6.45, 7) is 3.97. The van der Waals surface area contributed by atoms with Crippen molar-refractivity contribution in [2.24, 2.45) is 0 Å². The Balaban J connectivity index is 1.41. The molecule has 156 valence electrons. The Morgan fingerprint density at radius 3 is 2.62 bits per heavy atom. The molecule has 1 aliphatic carbocycles. The highest BCUT2D eigenvalue weighted by Crippen LogP contribution is 2.31. The Kier molecular flexibility index (Phi) is 6.44. The van der Waals surface area contributed by atoms with Gasteiger partial charge in [-0.2, -0.15) is 0 Å². The lowest BCUT2D eigenvalue weighted by molar-refractivity contribution is 0.505. The van der Waals surface area contributed by atoms with Gasteiger partial charge in [-0.15, -0.1) is 0 Å². The average Bonchev–Trinajstić information content (AvgIpc) is 2.73. The van der Waals surface area contributed by atoms with Crippen LogP contribution in [0.2, 0.25) is 5.02 Å². The van der Waals surface area contributed by atoms with E-state index in [4.69, 9.17) is 11.6 Å². The molecule has 1 fully saturated rings. The van der Waals surface area contributed by atoms with Crippen LogP contribution in [0.15, 0.2) is 42.5 Å². The molecule has 2 aromatic rings. The number of hydrogen-bond acceptors (Lipinski definition) is 4. The molecule has 1 saturated heterocycles. The van der Waals surface area contributed by atoms with Crippen molar-refractivity contribution >= 4 is 27.3 Å². The van der Waals surface area contributed by atoms with E-state index in [1.807, 2.05) is 12.1 Å². The van der Waals surface area contributed by atoms with Crippen LogP contribution < -0.4 is 14.9 Å². The predicted octanol–water partition coefficient (Wildman–Crippen LogP) is 2.77. The van der Waals surface area contributed by atoms with Crippen molar-refractivity contribution in [3.63, 3.8) is 0 Å². The van der Waals surface area contributed by atoms with Crippen LogP contribution in [-0.2, 0) is 29.3 Å². The second-order valence-electron chi connectivity index (χ2n) is 7.90. The van der Waals surface area contributed by atoms with Gasteiger partial charge in [0.2, 0.25) is 10.0 Å². The summed E-state index contributed by atoms with van der Waals surface area (Å²) >= 11 is 5.90. The van der Waals surface area contributed by atoms with E-state index in [9.17, 15) is 8.42 Å². The topological polar surface area (TPSA) is 61.4 Å². The molecule has 5 nitrogen and oxygen atoms in total. The van der Waals surface area contributed by atoms with Crippen LogP contribution in [0.1, 0.15) is 23.1 Å². The largest absolute Gasteiger partial charge is 0.369 e. The fraction of sp³-hybridized carbons (Fsp3) is 0.455. The molecule has 29 heavy (non-hydrogen) atoms. The Hall–Kier alpha value is -1.60. The van der Waals surface area contributed by atoms with E-state index < -0.39 is 10.0 Å². The summed E-state index contributed by atoms with van der Waals surface area (Å²) in [4.78, 5) is 2.42. The van der Waals surface area contributed by atoms with Crippen LogP contribution in [-0.4, -0.2) is 46.4 Å². The summed E-state index contributed by atoms with van der Waals surface area (Å²) in [5, 5.41) is 4.06. The Bertz CT molecular complexity index is 941. The zero-order valence-corrected chi connectivity index (χ0v) is 18.1. The summed E-state index contributed by atoms with van der Waals surface area (Å²) in [5.41, 5.74) is 4.92. The molecular weight excluding hydrogens is 406 g/mol. The van der Waals surface area contributed by atoms with Gasteiger partial charge in [0.1, 0.15) is 0 Å². The molecule has 7 heteroatoms. The van der Waals surface area contributed by atoms with Crippen LogP contribution in [0, 0.1) is 0 Å². The third-order valence-corrected chi connectivity index (χ3v) is 7.52. The fourth-order valence-electron chi connectivity index (χ4n) is 4.29. The number of nitrogens with zero attached hydrogens (tertiary/aromatic N) is 1. The molecule has 2 N–H and O–H groups in total. The molecule has 0 aromatic heterocycles. The molecule has 0 saturated carbocycles. The van der Waals surface area contributed by atoms with Crippen LogP contribution >= 0.6 is 11.6 Å². The fourth-order valence-corrected chi connectivity index (χ4v) is 5.75. The normalized spacial score (nSPS) is 19.8. The van der Waals surface area contributed by atoms with Gasteiger partial charge >= 0.3 is 0 Å². The second kappa shape index (κ2) is 9.04. The van der Waals surface area contributed by atoms with Crippen molar-refractivity contribution in [1.29, 1.82) is 0 Å². The highest BCUT2D eigenvalue weighted by molar-refractivity contribution is 7.89. The van der Waals surface area contributed by atoms with Crippen molar-refractivity contribution in [3.8, 4) is 0 Å². The third kappa shape index (κ3) is 5.31. The minimum atomic E-state index is -3.34. The molecule has 0 spiro atoms. The lowest BCUT2D eigenvalue weighted by Gasteiger charge is -2.34. The number of aryl methyl sites for hydroxylation is 2. The summed E-state index contributed by atoms with van der Waals surface area (Å²) in [6.07, 6.45) is 3.01. The molecule has 2 aromatic carbocycles. The van der Waals surface area contributed by atoms with E-state index in [-0.39, 0.29) is 11.8 Å². The zero-order chi connectivity index (χ0) is 20.3. The number of fused-ring (bicyclic) bond motifs is 1. The van der Waals surface area contributed by atoms with Crippen molar-refractivity contribution in [3.05, 3.63) is 64.2 Å². The number of anilines is 1. The number of sulfonamides is 1. The minimum absolute atomic E-state index is 0.0400. The van der Waals surface area contributed by atoms with Gasteiger partial charge in [0.05, 0.1) is 5.75 Å². The van der Waals surface area contributed by atoms with Crippen LogP contribution in [0.3, 0.4) is 0 Å². The zero-order valence-electron chi connectivity index (χ0n) is 16.5. The standard InChI is InChI=1S/C22H28ClN3O2S/c23-19-7-4-17(5-8-19)10-15-29(27,28)25-20-9-6-18-2-1-3-22(21(18)16-20)26-13-11-24-12-14-26/h1-5,7-8,20,24-25H,6,9-16H2. The first-order valence-electron chi connectivity index (χ1n) is 10.3. The van der Waals surface area contributed by atoms with E-state index in [0.717, 1.165) is 51.0 Å². The number of hydrogen-bond donors (Lipinski definition) is 2. The van der Waals surface area contributed by atoms with Gasteiger partial charge in [0.15, 0.2) is 0 Å². The molecule has 0 radical (unpaired) electrons. The van der Waals surface area contributed by atoms with E-state index in [2.05, 4.69) is 33.1 Å². The van der Waals surface area contributed by atoms with Crippen molar-refractivity contribution in [2.45, 2.75) is 31.7 Å². The maximum absolute atomic E-state index is 12.7. The Labute approximate surface area is 178 Å². The second-order valence-corrected chi connectivity index (χ2v) is 10.2. The molecular formula is C22H28ClN3O2S. The molecule has 4 rings (SSSR count). The molecule has 1 atom stereocenters. The highest BCUT2D eigenvalue weighted by atomic mass is 35.5. The molecule has 1 aliphatic heterocycles. The number of rotatable bonds is 6. The minimum Gasteiger partial charge on any atom is -0.369 e. The Morgan fingerprint density at radius 2 is 1.86 bits per heavy atom. The van der Waals surface area contributed by atoms with Crippen molar-refractivity contribution in [2.75, 3.05) is 36.8 Å². The molecule has 1 unspecified atom stereocenters. The van der Waals surface area contributed by atoms with Crippen molar-refractivity contribution in [1.82, 2.24) is 10.0 Å². The van der Waals surface area contributed by atoms with Gasteiger partial charge in [-0.1, -0.05) is 35.9 Å². The third-order valence-electron chi connectivity index (χ3n) is 5.84. The van der Waals surface area contributed by atoms with E-state index >= 15 is 0 Å². The number of halogens is 1. The lowest BCUT2D eigenvalue weighted by Crippen LogP contribution is -2.45. The van der Waals surface area contributed by atoms with Gasteiger partial charge in [0, 0.05) is 42.9 Å². The SMILES string of the molecule is O=S(=O)(CCc1ccc(Cl)cc1)NC1CCc2cccc(N3CCNCC3)c2C1. The van der Waals surface area contributed by atoms with Gasteiger partial charge in [-0.25, -0.2) is 13.1 Å². The lowest BCUT2D eigenvalue weighted by atomic mass is 9.87. The first-order chi connectivity index (χ1) is 14.0. The van der Waals surface area contributed by atoms with Crippen LogP contribution in [0.4, 0.5) is 5.69 Å². The van der Waals surface area contributed by atoms with E-state index in [1.54, 1.807) is 12.1 Å². The highest BCUT2D eigenvalue weighted by Gasteiger charge is 2.26.